The number of hydrazine groups is 2. The number of rotatable bonds is 4. The molecule has 92 valence electrons. The largest absolute Gasteiger partial charge is 0.299 e. The Labute approximate surface area is 111 Å². The second-order valence-corrected chi connectivity index (χ2v) is 3.97. The highest BCUT2D eigenvalue weighted by Gasteiger charge is 1.94. The molecule has 2 aromatic rings. The molecule has 2 aromatic carbocycles. The first-order chi connectivity index (χ1) is 8.84. The lowest BCUT2D eigenvalue weighted by Crippen LogP contribution is -2.41. The van der Waals surface area contributed by atoms with Gasteiger partial charge in [0.05, 0.1) is 11.4 Å². The summed E-state index contributed by atoms with van der Waals surface area (Å²) in [4.78, 5) is 0. The van der Waals surface area contributed by atoms with E-state index in [-0.39, 0.29) is 0 Å². The Morgan fingerprint density at radius 3 is 1.44 bits per heavy atom. The predicted molar refractivity (Wildman–Crippen MR) is 79.0 cm³/mol. The topological polar surface area (TPSA) is 48.1 Å². The molecule has 0 atom stereocenters. The highest BCUT2D eigenvalue weighted by molar-refractivity contribution is 7.80. The molecule has 0 unspecified atom stereocenters. The summed E-state index contributed by atoms with van der Waals surface area (Å²) in [7, 11) is 0. The summed E-state index contributed by atoms with van der Waals surface area (Å²) < 4.78 is 0. The van der Waals surface area contributed by atoms with Gasteiger partial charge in [0.25, 0.3) is 0 Å². The Bertz CT molecular complexity index is 441. The summed E-state index contributed by atoms with van der Waals surface area (Å²) in [6.45, 7) is 0. The van der Waals surface area contributed by atoms with Crippen LogP contribution in [-0.4, -0.2) is 5.11 Å². The van der Waals surface area contributed by atoms with Gasteiger partial charge in [-0.25, -0.2) is 0 Å². The normalized spacial score (nSPS) is 9.33. The maximum Gasteiger partial charge on any atom is 0.204 e. The number of anilines is 2. The van der Waals surface area contributed by atoms with Crippen molar-refractivity contribution in [2.75, 3.05) is 10.9 Å². The second kappa shape index (κ2) is 6.46. The highest BCUT2D eigenvalue weighted by atomic mass is 32.1. The third kappa shape index (κ3) is 3.95. The molecule has 0 amide bonds. The SMILES string of the molecule is S=C(NNc1ccccc1)NNc1ccccc1. The van der Waals surface area contributed by atoms with Crippen LogP contribution < -0.4 is 21.7 Å². The van der Waals surface area contributed by atoms with Crippen LogP contribution in [0.5, 0.6) is 0 Å². The van der Waals surface area contributed by atoms with Gasteiger partial charge in [-0.3, -0.25) is 21.7 Å². The van der Waals surface area contributed by atoms with Gasteiger partial charge >= 0.3 is 0 Å². The fraction of sp³-hybridized carbons (Fsp3) is 0. The van der Waals surface area contributed by atoms with Gasteiger partial charge in [-0.15, -0.1) is 0 Å². The van der Waals surface area contributed by atoms with E-state index in [1.165, 1.54) is 0 Å². The Morgan fingerprint density at radius 2 is 1.06 bits per heavy atom. The van der Waals surface area contributed by atoms with E-state index in [0.29, 0.717) is 5.11 Å². The molecular formula is C13H14N4S. The van der Waals surface area contributed by atoms with Crippen LogP contribution in [0, 0.1) is 0 Å². The lowest BCUT2D eigenvalue weighted by Gasteiger charge is -2.13. The molecule has 0 aliphatic carbocycles. The van der Waals surface area contributed by atoms with E-state index >= 15 is 0 Å². The number of hydrogen-bond acceptors (Lipinski definition) is 3. The van der Waals surface area contributed by atoms with Crippen LogP contribution in [0.4, 0.5) is 11.4 Å². The van der Waals surface area contributed by atoms with Gasteiger partial charge in [0.15, 0.2) is 0 Å². The fourth-order valence-electron chi connectivity index (χ4n) is 1.33. The summed E-state index contributed by atoms with van der Waals surface area (Å²) in [5.41, 5.74) is 13.6. The van der Waals surface area contributed by atoms with Gasteiger partial charge in [0.2, 0.25) is 5.11 Å². The maximum absolute atomic E-state index is 5.11. The average Bonchev–Trinajstić information content (AvgIpc) is 2.45. The van der Waals surface area contributed by atoms with E-state index in [4.69, 9.17) is 12.2 Å². The maximum atomic E-state index is 5.11. The van der Waals surface area contributed by atoms with E-state index in [0.717, 1.165) is 11.4 Å². The van der Waals surface area contributed by atoms with Crippen molar-refractivity contribution in [2.24, 2.45) is 0 Å². The summed E-state index contributed by atoms with van der Waals surface area (Å²) in [5.74, 6) is 0. The van der Waals surface area contributed by atoms with Gasteiger partial charge in [0.1, 0.15) is 0 Å². The lowest BCUT2D eigenvalue weighted by molar-refractivity contribution is 1.02. The predicted octanol–water partition coefficient (Wildman–Crippen LogP) is 2.50. The van der Waals surface area contributed by atoms with Crippen molar-refractivity contribution in [3.05, 3.63) is 60.7 Å². The first-order valence-corrected chi connectivity index (χ1v) is 5.93. The van der Waals surface area contributed by atoms with Crippen molar-refractivity contribution in [1.82, 2.24) is 10.9 Å². The molecule has 5 heteroatoms. The van der Waals surface area contributed by atoms with Crippen molar-refractivity contribution in [3.63, 3.8) is 0 Å². The molecule has 4 N–H and O–H groups in total. The average molecular weight is 258 g/mol. The zero-order valence-electron chi connectivity index (χ0n) is 9.68. The molecule has 0 aliphatic rings. The van der Waals surface area contributed by atoms with Crippen molar-refractivity contribution < 1.29 is 0 Å². The van der Waals surface area contributed by atoms with Gasteiger partial charge in [-0.05, 0) is 36.5 Å². The van der Waals surface area contributed by atoms with Gasteiger partial charge in [-0.2, -0.15) is 0 Å². The van der Waals surface area contributed by atoms with E-state index < -0.39 is 0 Å². The molecule has 0 aromatic heterocycles. The van der Waals surface area contributed by atoms with Crippen molar-refractivity contribution in [1.29, 1.82) is 0 Å². The van der Waals surface area contributed by atoms with E-state index in [2.05, 4.69) is 21.7 Å². The molecular weight excluding hydrogens is 244 g/mol. The van der Waals surface area contributed by atoms with Crippen LogP contribution in [0.2, 0.25) is 0 Å². The molecule has 0 radical (unpaired) electrons. The minimum Gasteiger partial charge on any atom is -0.299 e. The first kappa shape index (κ1) is 12.2. The van der Waals surface area contributed by atoms with Crippen LogP contribution in [0.1, 0.15) is 0 Å². The summed E-state index contributed by atoms with van der Waals surface area (Å²) in [6, 6.07) is 19.5. The summed E-state index contributed by atoms with van der Waals surface area (Å²) >= 11 is 5.11. The van der Waals surface area contributed by atoms with Crippen LogP contribution in [0.25, 0.3) is 0 Å². The molecule has 2 rings (SSSR count). The number of hydrogen-bond donors (Lipinski definition) is 4. The van der Waals surface area contributed by atoms with Crippen molar-refractivity contribution in [2.45, 2.75) is 0 Å². The molecule has 0 fully saturated rings. The van der Waals surface area contributed by atoms with Gasteiger partial charge in [-0.1, -0.05) is 36.4 Å². The number of para-hydroxylation sites is 2. The standard InChI is InChI=1S/C13H14N4S/c18-13(16-14-11-7-3-1-4-8-11)17-15-12-9-5-2-6-10-12/h1-10,14-15H,(H2,16,17,18). The van der Waals surface area contributed by atoms with E-state index in [1.807, 2.05) is 60.7 Å². The zero-order valence-corrected chi connectivity index (χ0v) is 10.5. The molecule has 18 heavy (non-hydrogen) atoms. The second-order valence-electron chi connectivity index (χ2n) is 3.56. The third-order valence-electron chi connectivity index (χ3n) is 2.19. The molecule has 4 nitrogen and oxygen atoms in total. The van der Waals surface area contributed by atoms with Crippen LogP contribution in [-0.2, 0) is 0 Å². The van der Waals surface area contributed by atoms with Crippen LogP contribution in [0.3, 0.4) is 0 Å². The number of thiocarbonyl (C=S) groups is 1. The Balaban J connectivity index is 1.73. The zero-order chi connectivity index (χ0) is 12.6. The van der Waals surface area contributed by atoms with E-state index in [1.54, 1.807) is 0 Å². The quantitative estimate of drug-likeness (QED) is 0.501. The Hall–Kier alpha value is -2.27. The van der Waals surface area contributed by atoms with Crippen LogP contribution >= 0.6 is 12.2 Å². The third-order valence-corrected chi connectivity index (χ3v) is 2.39. The van der Waals surface area contributed by atoms with Crippen molar-refractivity contribution >= 4 is 28.7 Å². The minimum absolute atomic E-state index is 0.461. The lowest BCUT2D eigenvalue weighted by atomic mass is 10.3. The highest BCUT2D eigenvalue weighted by Crippen LogP contribution is 2.03. The minimum atomic E-state index is 0.461. The fourth-order valence-corrected chi connectivity index (χ4v) is 1.43. The number of nitrogens with one attached hydrogen (secondary N) is 4. The van der Waals surface area contributed by atoms with Gasteiger partial charge in [0, 0.05) is 0 Å². The molecule has 0 spiro atoms. The molecule has 0 aliphatic heterocycles. The number of benzene rings is 2. The molecule has 0 saturated carbocycles. The van der Waals surface area contributed by atoms with E-state index in [9.17, 15) is 0 Å². The Morgan fingerprint density at radius 1 is 0.667 bits per heavy atom. The molecule has 0 heterocycles. The summed E-state index contributed by atoms with van der Waals surface area (Å²) in [5, 5.41) is 0.461. The summed E-state index contributed by atoms with van der Waals surface area (Å²) in [6.07, 6.45) is 0. The first-order valence-electron chi connectivity index (χ1n) is 5.53. The molecule has 0 saturated heterocycles. The monoisotopic (exact) mass is 258 g/mol. The van der Waals surface area contributed by atoms with Gasteiger partial charge < -0.3 is 0 Å². The van der Waals surface area contributed by atoms with Crippen LogP contribution in [0.15, 0.2) is 60.7 Å². The van der Waals surface area contributed by atoms with Crippen molar-refractivity contribution in [3.8, 4) is 0 Å². The smallest absolute Gasteiger partial charge is 0.204 e. The molecule has 0 bridgehead atoms. The Kier molecular flexibility index (Phi) is 4.38.